The lowest BCUT2D eigenvalue weighted by atomic mass is 9.90. The molecule has 4 rings (SSSR count). The van der Waals surface area contributed by atoms with Gasteiger partial charge in [-0.2, -0.15) is 4.98 Å². The molecule has 0 unspecified atom stereocenters. The molecule has 1 saturated heterocycles. The molecule has 2 aromatic heterocycles. The van der Waals surface area contributed by atoms with Gasteiger partial charge in [0.25, 0.3) is 0 Å². The smallest absolute Gasteiger partial charge is 0.241 e. The Morgan fingerprint density at radius 1 is 1.15 bits per heavy atom. The van der Waals surface area contributed by atoms with E-state index in [9.17, 15) is 4.79 Å². The Morgan fingerprint density at radius 3 is 2.81 bits per heavy atom. The standard InChI is InChI=1S/C20H20N4O2/c25-19(15-7-2-1-3-8-15)16-9-6-12-24(13-16)14-18-22-20(23-26-18)17-10-4-5-11-21-17/h1-5,7-8,10-11,16H,6,9,12-14H2/t16-/m0/s1. The molecule has 26 heavy (non-hydrogen) atoms. The van der Waals surface area contributed by atoms with Crippen LogP contribution in [0.4, 0.5) is 0 Å². The van der Waals surface area contributed by atoms with Gasteiger partial charge in [-0.3, -0.25) is 14.7 Å². The van der Waals surface area contributed by atoms with Crippen molar-refractivity contribution in [3.8, 4) is 11.5 Å². The third-order valence-corrected chi connectivity index (χ3v) is 4.66. The van der Waals surface area contributed by atoms with Crippen molar-refractivity contribution in [2.45, 2.75) is 19.4 Å². The molecule has 0 amide bonds. The van der Waals surface area contributed by atoms with Crippen LogP contribution in [0.2, 0.25) is 0 Å². The second-order valence-corrected chi connectivity index (χ2v) is 6.53. The van der Waals surface area contributed by atoms with Crippen LogP contribution in [-0.4, -0.2) is 38.9 Å². The van der Waals surface area contributed by atoms with E-state index in [1.807, 2.05) is 48.5 Å². The highest BCUT2D eigenvalue weighted by molar-refractivity contribution is 5.98. The van der Waals surface area contributed by atoms with Gasteiger partial charge in [0, 0.05) is 24.2 Å². The minimum absolute atomic E-state index is 0.0179. The highest BCUT2D eigenvalue weighted by atomic mass is 16.5. The van der Waals surface area contributed by atoms with Gasteiger partial charge in [-0.15, -0.1) is 0 Å². The number of aromatic nitrogens is 3. The fourth-order valence-electron chi connectivity index (χ4n) is 3.36. The maximum absolute atomic E-state index is 12.7. The molecule has 3 aromatic rings. The summed E-state index contributed by atoms with van der Waals surface area (Å²) < 4.78 is 5.37. The molecular formula is C20H20N4O2. The van der Waals surface area contributed by atoms with Crippen LogP contribution < -0.4 is 0 Å². The number of nitrogens with zero attached hydrogens (tertiary/aromatic N) is 4. The number of Topliss-reactive ketones (excluding diaryl/α,β-unsaturated/α-hetero) is 1. The van der Waals surface area contributed by atoms with E-state index < -0.39 is 0 Å². The Kier molecular flexibility index (Phi) is 4.84. The van der Waals surface area contributed by atoms with Crippen LogP contribution in [0.25, 0.3) is 11.5 Å². The van der Waals surface area contributed by atoms with Gasteiger partial charge in [0.1, 0.15) is 5.69 Å². The van der Waals surface area contributed by atoms with E-state index in [0.717, 1.165) is 31.5 Å². The van der Waals surface area contributed by atoms with Gasteiger partial charge in [0.05, 0.1) is 6.54 Å². The third kappa shape index (κ3) is 3.70. The zero-order valence-electron chi connectivity index (χ0n) is 14.4. The molecule has 0 saturated carbocycles. The molecule has 1 aliphatic rings. The zero-order valence-corrected chi connectivity index (χ0v) is 14.4. The van der Waals surface area contributed by atoms with Gasteiger partial charge in [-0.05, 0) is 31.5 Å². The molecule has 0 bridgehead atoms. The van der Waals surface area contributed by atoms with E-state index in [1.165, 1.54) is 0 Å². The Balaban J connectivity index is 1.41. The second kappa shape index (κ2) is 7.58. The van der Waals surface area contributed by atoms with Crippen molar-refractivity contribution in [2.24, 2.45) is 5.92 Å². The molecule has 1 fully saturated rings. The second-order valence-electron chi connectivity index (χ2n) is 6.53. The van der Waals surface area contributed by atoms with E-state index in [4.69, 9.17) is 4.52 Å². The lowest BCUT2D eigenvalue weighted by Crippen LogP contribution is -2.38. The van der Waals surface area contributed by atoms with Gasteiger partial charge in [-0.1, -0.05) is 41.6 Å². The van der Waals surface area contributed by atoms with Crippen LogP contribution in [0.5, 0.6) is 0 Å². The molecule has 6 heteroatoms. The maximum Gasteiger partial charge on any atom is 0.241 e. The zero-order chi connectivity index (χ0) is 17.8. The van der Waals surface area contributed by atoms with Crippen LogP contribution in [-0.2, 0) is 6.54 Å². The predicted octanol–water partition coefficient (Wildman–Crippen LogP) is 3.23. The highest BCUT2D eigenvalue weighted by Gasteiger charge is 2.27. The topological polar surface area (TPSA) is 72.1 Å². The van der Waals surface area contributed by atoms with Crippen molar-refractivity contribution >= 4 is 5.78 Å². The third-order valence-electron chi connectivity index (χ3n) is 4.66. The average Bonchev–Trinajstić information content (AvgIpc) is 3.17. The van der Waals surface area contributed by atoms with Crippen LogP contribution >= 0.6 is 0 Å². The normalized spacial score (nSPS) is 17.9. The summed E-state index contributed by atoms with van der Waals surface area (Å²) in [6.45, 7) is 2.20. The summed E-state index contributed by atoms with van der Waals surface area (Å²) in [4.78, 5) is 23.6. The molecule has 0 spiro atoms. The number of pyridine rings is 1. The number of piperidine rings is 1. The van der Waals surface area contributed by atoms with E-state index in [2.05, 4.69) is 20.0 Å². The Hall–Kier alpha value is -2.86. The fraction of sp³-hybridized carbons (Fsp3) is 0.300. The van der Waals surface area contributed by atoms with Crippen molar-refractivity contribution in [1.82, 2.24) is 20.0 Å². The van der Waals surface area contributed by atoms with Gasteiger partial charge < -0.3 is 4.52 Å². The van der Waals surface area contributed by atoms with Crippen LogP contribution in [0.3, 0.4) is 0 Å². The van der Waals surface area contributed by atoms with Gasteiger partial charge >= 0.3 is 0 Å². The monoisotopic (exact) mass is 348 g/mol. The molecule has 0 radical (unpaired) electrons. The number of likely N-dealkylation sites (tertiary alicyclic amines) is 1. The first kappa shape index (κ1) is 16.6. The first-order valence-electron chi connectivity index (χ1n) is 8.85. The number of hydrogen-bond donors (Lipinski definition) is 0. The molecular weight excluding hydrogens is 328 g/mol. The minimum atomic E-state index is 0.0179. The summed E-state index contributed by atoms with van der Waals surface area (Å²) >= 11 is 0. The first-order valence-corrected chi connectivity index (χ1v) is 8.85. The molecule has 6 nitrogen and oxygen atoms in total. The lowest BCUT2D eigenvalue weighted by Gasteiger charge is -2.30. The van der Waals surface area contributed by atoms with Crippen LogP contribution in [0, 0.1) is 5.92 Å². The van der Waals surface area contributed by atoms with Crippen molar-refractivity contribution < 1.29 is 9.32 Å². The Morgan fingerprint density at radius 2 is 2.00 bits per heavy atom. The van der Waals surface area contributed by atoms with E-state index in [0.29, 0.717) is 24.0 Å². The van der Waals surface area contributed by atoms with Crippen LogP contribution in [0.15, 0.2) is 59.3 Å². The lowest BCUT2D eigenvalue weighted by molar-refractivity contribution is 0.0797. The molecule has 0 N–H and O–H groups in total. The number of hydrogen-bond acceptors (Lipinski definition) is 6. The number of benzene rings is 1. The Labute approximate surface area is 151 Å². The average molecular weight is 348 g/mol. The first-order chi connectivity index (χ1) is 12.8. The number of rotatable bonds is 5. The summed E-state index contributed by atoms with van der Waals surface area (Å²) in [6.07, 6.45) is 3.62. The summed E-state index contributed by atoms with van der Waals surface area (Å²) in [5.41, 5.74) is 1.48. The number of carbonyl (C=O) groups is 1. The summed E-state index contributed by atoms with van der Waals surface area (Å²) in [5.74, 6) is 1.28. The van der Waals surface area contributed by atoms with E-state index >= 15 is 0 Å². The molecule has 3 heterocycles. The summed E-state index contributed by atoms with van der Waals surface area (Å²) in [7, 11) is 0. The quantitative estimate of drug-likeness (QED) is 0.659. The number of carbonyl (C=O) groups excluding carboxylic acids is 1. The van der Waals surface area contributed by atoms with E-state index in [1.54, 1.807) is 6.20 Å². The molecule has 1 aliphatic heterocycles. The van der Waals surface area contributed by atoms with Crippen molar-refractivity contribution in [3.05, 3.63) is 66.2 Å². The van der Waals surface area contributed by atoms with Crippen molar-refractivity contribution in [1.29, 1.82) is 0 Å². The summed E-state index contributed by atoms with van der Waals surface area (Å²) in [6, 6.07) is 15.1. The predicted molar refractivity (Wildman–Crippen MR) is 96.3 cm³/mol. The largest absolute Gasteiger partial charge is 0.337 e. The molecule has 0 aliphatic carbocycles. The molecule has 132 valence electrons. The van der Waals surface area contributed by atoms with E-state index in [-0.39, 0.29) is 11.7 Å². The van der Waals surface area contributed by atoms with Gasteiger partial charge in [-0.25, -0.2) is 0 Å². The van der Waals surface area contributed by atoms with Crippen molar-refractivity contribution in [3.63, 3.8) is 0 Å². The summed E-state index contributed by atoms with van der Waals surface area (Å²) in [5, 5.41) is 4.01. The molecule has 1 aromatic carbocycles. The highest BCUT2D eigenvalue weighted by Crippen LogP contribution is 2.22. The van der Waals surface area contributed by atoms with Crippen molar-refractivity contribution in [2.75, 3.05) is 13.1 Å². The fourth-order valence-corrected chi connectivity index (χ4v) is 3.36. The maximum atomic E-state index is 12.7. The molecule has 1 atom stereocenters. The SMILES string of the molecule is O=C(c1ccccc1)[C@H]1CCCN(Cc2nc(-c3ccccn3)no2)C1. The van der Waals surface area contributed by atoms with Crippen LogP contribution in [0.1, 0.15) is 29.1 Å². The van der Waals surface area contributed by atoms with Gasteiger partial charge in [0.2, 0.25) is 11.7 Å². The Bertz CT molecular complexity index is 864. The minimum Gasteiger partial charge on any atom is -0.337 e. The number of ketones is 1. The van der Waals surface area contributed by atoms with Gasteiger partial charge in [0.15, 0.2) is 5.78 Å².